The number of pyridine rings is 3. The molecule has 3 N–H and O–H groups in total. The number of benzene rings is 1. The van der Waals surface area contributed by atoms with Crippen LogP contribution in [0.25, 0.3) is 56.0 Å². The highest BCUT2D eigenvalue weighted by Crippen LogP contribution is 2.32. The van der Waals surface area contributed by atoms with E-state index in [4.69, 9.17) is 9.97 Å². The Hall–Kier alpha value is -4.92. The number of H-pyrrole nitrogens is 2. The molecule has 0 saturated carbocycles. The molecule has 5 aromatic heterocycles. The quantitative estimate of drug-likeness (QED) is 0.275. The number of carbonyl (C=O) groups is 1. The number of fused-ring (bicyclic) bond motifs is 2. The highest BCUT2D eigenvalue weighted by molar-refractivity contribution is 5.96. The molecule has 0 bridgehead atoms. The minimum Gasteiger partial charge on any atom is -0.335 e. The lowest BCUT2D eigenvalue weighted by Crippen LogP contribution is -2.27. The van der Waals surface area contributed by atoms with Crippen LogP contribution in [0, 0.1) is 12.3 Å². The van der Waals surface area contributed by atoms with Gasteiger partial charge in [0.1, 0.15) is 5.52 Å². The topological polar surface area (TPSA) is 125 Å². The summed E-state index contributed by atoms with van der Waals surface area (Å²) in [5.74, 6) is 0.517. The van der Waals surface area contributed by atoms with Gasteiger partial charge in [0.25, 0.3) is 0 Å². The molecular formula is C29H26N8O. The van der Waals surface area contributed by atoms with Crippen molar-refractivity contribution in [3.63, 3.8) is 0 Å². The van der Waals surface area contributed by atoms with E-state index in [0.717, 1.165) is 33.2 Å². The lowest BCUT2D eigenvalue weighted by molar-refractivity contribution is -0.123. The van der Waals surface area contributed by atoms with Gasteiger partial charge in [0.2, 0.25) is 5.91 Å². The SMILES string of the molecule is Cc1cccc(-c2cncc3[nH]c(-c4n[nH]c5ccc(-c6cncc(NC(=O)C(C)(C)C)c6)nc45)nc23)c1. The van der Waals surface area contributed by atoms with Crippen LogP contribution in [-0.4, -0.2) is 41.0 Å². The molecule has 0 aliphatic carbocycles. The zero-order chi connectivity index (χ0) is 26.4. The number of hydrogen-bond donors (Lipinski definition) is 3. The van der Waals surface area contributed by atoms with Crippen molar-refractivity contribution in [2.75, 3.05) is 5.32 Å². The summed E-state index contributed by atoms with van der Waals surface area (Å²) in [6, 6.07) is 14.0. The molecule has 0 saturated heterocycles. The zero-order valence-electron chi connectivity index (χ0n) is 21.5. The van der Waals surface area contributed by atoms with Crippen molar-refractivity contribution in [3.05, 3.63) is 72.8 Å². The molecule has 0 spiro atoms. The van der Waals surface area contributed by atoms with Gasteiger partial charge in [-0.05, 0) is 30.7 Å². The van der Waals surface area contributed by atoms with Gasteiger partial charge in [0, 0.05) is 28.9 Å². The summed E-state index contributed by atoms with van der Waals surface area (Å²) in [6.07, 6.45) is 6.95. The van der Waals surface area contributed by atoms with Crippen LogP contribution in [0.4, 0.5) is 5.69 Å². The smallest absolute Gasteiger partial charge is 0.229 e. The fraction of sp³-hybridized carbons (Fsp3) is 0.172. The van der Waals surface area contributed by atoms with Crippen molar-refractivity contribution in [3.8, 4) is 33.9 Å². The van der Waals surface area contributed by atoms with E-state index < -0.39 is 5.41 Å². The van der Waals surface area contributed by atoms with Gasteiger partial charge >= 0.3 is 0 Å². The van der Waals surface area contributed by atoms with Crippen LogP contribution in [0.15, 0.2) is 67.3 Å². The second-order valence-electron chi connectivity index (χ2n) is 10.4. The van der Waals surface area contributed by atoms with E-state index in [-0.39, 0.29) is 5.91 Å². The van der Waals surface area contributed by atoms with E-state index in [1.807, 2.05) is 51.2 Å². The minimum atomic E-state index is -0.514. The lowest BCUT2D eigenvalue weighted by atomic mass is 9.95. The lowest BCUT2D eigenvalue weighted by Gasteiger charge is -2.17. The fourth-order valence-corrected chi connectivity index (χ4v) is 4.26. The number of aryl methyl sites for hydroxylation is 1. The molecule has 0 aliphatic heterocycles. The summed E-state index contributed by atoms with van der Waals surface area (Å²) in [6.45, 7) is 7.67. The van der Waals surface area contributed by atoms with Crippen molar-refractivity contribution < 1.29 is 4.79 Å². The summed E-state index contributed by atoms with van der Waals surface area (Å²) in [5, 5.41) is 10.5. The maximum atomic E-state index is 12.4. The van der Waals surface area contributed by atoms with Gasteiger partial charge in [-0.25, -0.2) is 9.97 Å². The summed E-state index contributed by atoms with van der Waals surface area (Å²) in [7, 11) is 0. The first-order valence-corrected chi connectivity index (χ1v) is 12.3. The molecule has 38 heavy (non-hydrogen) atoms. The molecule has 0 atom stereocenters. The number of hydrogen-bond acceptors (Lipinski definition) is 6. The monoisotopic (exact) mass is 502 g/mol. The molecule has 0 radical (unpaired) electrons. The third kappa shape index (κ3) is 4.28. The van der Waals surface area contributed by atoms with Gasteiger partial charge < -0.3 is 10.3 Å². The molecule has 0 unspecified atom stereocenters. The molecule has 6 rings (SSSR count). The van der Waals surface area contributed by atoms with Gasteiger partial charge in [-0.3, -0.25) is 19.9 Å². The number of nitrogens with zero attached hydrogens (tertiary/aromatic N) is 5. The maximum absolute atomic E-state index is 12.4. The Bertz CT molecular complexity index is 1830. The molecule has 0 fully saturated rings. The molecule has 188 valence electrons. The first-order chi connectivity index (χ1) is 18.3. The molecule has 6 aromatic rings. The number of anilines is 1. The molecule has 5 heterocycles. The highest BCUT2D eigenvalue weighted by Gasteiger charge is 2.22. The first kappa shape index (κ1) is 23.5. The van der Waals surface area contributed by atoms with Crippen LogP contribution in [0.5, 0.6) is 0 Å². The molecule has 1 aromatic carbocycles. The molecule has 9 nitrogen and oxygen atoms in total. The second-order valence-corrected chi connectivity index (χ2v) is 10.4. The van der Waals surface area contributed by atoms with E-state index in [1.165, 1.54) is 5.56 Å². The summed E-state index contributed by atoms with van der Waals surface area (Å²) < 4.78 is 0. The first-order valence-electron chi connectivity index (χ1n) is 12.3. The minimum absolute atomic E-state index is 0.0820. The van der Waals surface area contributed by atoms with Crippen molar-refractivity contribution >= 4 is 33.7 Å². The van der Waals surface area contributed by atoms with Crippen molar-refractivity contribution in [1.29, 1.82) is 0 Å². The predicted molar refractivity (Wildman–Crippen MR) is 148 cm³/mol. The number of rotatable bonds is 4. The maximum Gasteiger partial charge on any atom is 0.229 e. The molecule has 9 heteroatoms. The van der Waals surface area contributed by atoms with Crippen LogP contribution in [-0.2, 0) is 4.79 Å². The summed E-state index contributed by atoms with van der Waals surface area (Å²) in [4.78, 5) is 34.3. The van der Waals surface area contributed by atoms with Crippen LogP contribution >= 0.6 is 0 Å². The third-order valence-electron chi connectivity index (χ3n) is 6.33. The fourth-order valence-electron chi connectivity index (χ4n) is 4.26. The van der Waals surface area contributed by atoms with Crippen LogP contribution in [0.3, 0.4) is 0 Å². The Balaban J connectivity index is 1.40. The van der Waals surface area contributed by atoms with Gasteiger partial charge in [-0.15, -0.1) is 0 Å². The Labute approximate surface area is 218 Å². The van der Waals surface area contributed by atoms with Gasteiger partial charge in [0.15, 0.2) is 11.5 Å². The average molecular weight is 503 g/mol. The number of nitrogens with one attached hydrogen (secondary N) is 3. The molecule has 1 amide bonds. The van der Waals surface area contributed by atoms with E-state index in [2.05, 4.69) is 55.6 Å². The number of amides is 1. The Morgan fingerprint density at radius 3 is 2.53 bits per heavy atom. The van der Waals surface area contributed by atoms with Crippen LogP contribution in [0.2, 0.25) is 0 Å². The van der Waals surface area contributed by atoms with Crippen molar-refractivity contribution in [1.82, 2.24) is 35.1 Å². The number of imidazole rings is 1. The largest absolute Gasteiger partial charge is 0.335 e. The van der Waals surface area contributed by atoms with E-state index in [1.54, 1.807) is 18.6 Å². The van der Waals surface area contributed by atoms with Crippen LogP contribution in [0.1, 0.15) is 26.3 Å². The normalized spacial score (nSPS) is 11.8. The summed E-state index contributed by atoms with van der Waals surface area (Å²) in [5.41, 5.74) is 8.46. The predicted octanol–water partition coefficient (Wildman–Crippen LogP) is 5.92. The van der Waals surface area contributed by atoms with Crippen molar-refractivity contribution in [2.24, 2.45) is 5.41 Å². The van der Waals surface area contributed by atoms with E-state index in [0.29, 0.717) is 28.4 Å². The average Bonchev–Trinajstić information content (AvgIpc) is 3.52. The van der Waals surface area contributed by atoms with Gasteiger partial charge in [-0.1, -0.05) is 50.6 Å². The molecule has 0 aliphatic rings. The van der Waals surface area contributed by atoms with Gasteiger partial charge in [0.05, 0.1) is 40.3 Å². The highest BCUT2D eigenvalue weighted by atomic mass is 16.2. The number of aromatic nitrogens is 7. The Morgan fingerprint density at radius 2 is 1.71 bits per heavy atom. The van der Waals surface area contributed by atoms with Crippen molar-refractivity contribution in [2.45, 2.75) is 27.7 Å². The standard InChI is InChI=1S/C29H26N8O/c1-16-6-5-7-17(10-16)20-14-31-15-23-24(20)35-27(34-23)26-25-22(36-37-26)9-8-21(33-25)18-11-19(13-30-12-18)32-28(38)29(2,3)4/h5-15H,1-4H3,(H,32,38)(H,34,35)(H,36,37). The van der Waals surface area contributed by atoms with Gasteiger partial charge in [-0.2, -0.15) is 5.10 Å². The third-order valence-corrected chi connectivity index (χ3v) is 6.33. The van der Waals surface area contributed by atoms with E-state index >= 15 is 0 Å². The van der Waals surface area contributed by atoms with Crippen LogP contribution < -0.4 is 5.32 Å². The molecular weight excluding hydrogens is 476 g/mol. The summed E-state index contributed by atoms with van der Waals surface area (Å²) >= 11 is 0. The Morgan fingerprint density at radius 1 is 0.868 bits per heavy atom. The zero-order valence-corrected chi connectivity index (χ0v) is 21.5. The number of carbonyl (C=O) groups excluding carboxylic acids is 1. The van der Waals surface area contributed by atoms with E-state index in [9.17, 15) is 4.79 Å². The number of aromatic amines is 2. The Kier molecular flexibility index (Phi) is 5.48. The second kappa shape index (κ2) is 8.88.